The van der Waals surface area contributed by atoms with E-state index >= 15 is 0 Å². The molecule has 0 spiro atoms. The lowest BCUT2D eigenvalue weighted by molar-refractivity contribution is 0.0993. The lowest BCUT2D eigenvalue weighted by Gasteiger charge is -2.08. The number of hydrogen-bond acceptors (Lipinski definition) is 2. The first-order chi connectivity index (χ1) is 8.09. The maximum absolute atomic E-state index is 11.2. The van der Waals surface area contributed by atoms with Crippen molar-refractivity contribution in [1.29, 1.82) is 0 Å². The minimum absolute atomic E-state index is 0.391. The molecule has 1 aromatic heterocycles. The van der Waals surface area contributed by atoms with Crippen LogP contribution in [0.1, 0.15) is 35.8 Å². The summed E-state index contributed by atoms with van der Waals surface area (Å²) in [7, 11) is 0. The van der Waals surface area contributed by atoms with Crippen molar-refractivity contribution in [3.8, 4) is 5.69 Å². The number of amides is 1. The quantitative estimate of drug-likeness (QED) is 0.876. The molecule has 0 fully saturated rings. The summed E-state index contributed by atoms with van der Waals surface area (Å²) in [5.74, 6) is 0.00715. The Morgan fingerprint density at radius 1 is 1.24 bits per heavy atom. The topological polar surface area (TPSA) is 60.9 Å². The zero-order valence-electron chi connectivity index (χ0n) is 9.92. The summed E-state index contributed by atoms with van der Waals surface area (Å²) in [6.45, 7) is 4.27. The predicted octanol–water partition coefficient (Wildman–Crippen LogP) is 2.09. The van der Waals surface area contributed by atoms with Crippen molar-refractivity contribution in [3.63, 3.8) is 0 Å². The van der Waals surface area contributed by atoms with Crippen LogP contribution in [-0.2, 0) is 0 Å². The van der Waals surface area contributed by atoms with E-state index in [1.54, 1.807) is 16.9 Å². The van der Waals surface area contributed by atoms with Crippen LogP contribution in [0.25, 0.3) is 5.69 Å². The Morgan fingerprint density at radius 2 is 1.88 bits per heavy atom. The van der Waals surface area contributed by atoms with Gasteiger partial charge in [-0.05, 0) is 29.7 Å². The van der Waals surface area contributed by atoms with Crippen molar-refractivity contribution in [2.45, 2.75) is 19.8 Å². The van der Waals surface area contributed by atoms with E-state index in [1.807, 2.05) is 24.3 Å². The fourth-order valence-corrected chi connectivity index (χ4v) is 1.70. The SMILES string of the molecule is CC(C)c1ccc(-n2nccc2C(N)=O)cc1. The average Bonchev–Trinajstić information content (AvgIpc) is 2.78. The van der Waals surface area contributed by atoms with E-state index in [0.29, 0.717) is 11.6 Å². The smallest absolute Gasteiger partial charge is 0.267 e. The summed E-state index contributed by atoms with van der Waals surface area (Å²) in [5.41, 5.74) is 7.76. The molecule has 88 valence electrons. The van der Waals surface area contributed by atoms with E-state index in [0.717, 1.165) is 5.69 Å². The lowest BCUT2D eigenvalue weighted by Crippen LogP contribution is -2.16. The maximum Gasteiger partial charge on any atom is 0.267 e. The summed E-state index contributed by atoms with van der Waals surface area (Å²) < 4.78 is 1.55. The number of rotatable bonds is 3. The van der Waals surface area contributed by atoms with Gasteiger partial charge in [0.05, 0.1) is 11.9 Å². The van der Waals surface area contributed by atoms with Crippen LogP contribution in [0.2, 0.25) is 0 Å². The van der Waals surface area contributed by atoms with E-state index in [-0.39, 0.29) is 0 Å². The summed E-state index contributed by atoms with van der Waals surface area (Å²) in [4.78, 5) is 11.2. The first-order valence-electron chi connectivity index (χ1n) is 5.53. The van der Waals surface area contributed by atoms with Crippen LogP contribution in [0.5, 0.6) is 0 Å². The number of benzene rings is 1. The molecule has 1 amide bonds. The second-order valence-electron chi connectivity index (χ2n) is 4.24. The summed E-state index contributed by atoms with van der Waals surface area (Å²) >= 11 is 0. The molecule has 4 heteroatoms. The van der Waals surface area contributed by atoms with Crippen LogP contribution >= 0.6 is 0 Å². The molecule has 0 atom stereocenters. The number of nitrogens with zero attached hydrogens (tertiary/aromatic N) is 2. The Morgan fingerprint density at radius 3 is 2.41 bits per heavy atom. The Balaban J connectivity index is 2.40. The molecule has 0 aliphatic rings. The highest BCUT2D eigenvalue weighted by atomic mass is 16.1. The molecule has 1 aromatic carbocycles. The molecule has 2 aromatic rings. The van der Waals surface area contributed by atoms with Gasteiger partial charge in [0, 0.05) is 0 Å². The Labute approximate surface area is 100 Å². The highest BCUT2D eigenvalue weighted by Gasteiger charge is 2.09. The highest BCUT2D eigenvalue weighted by Crippen LogP contribution is 2.17. The molecule has 0 saturated carbocycles. The third-order valence-corrected chi connectivity index (χ3v) is 2.70. The molecule has 2 rings (SSSR count). The molecule has 0 unspecified atom stereocenters. The van der Waals surface area contributed by atoms with Gasteiger partial charge in [0.1, 0.15) is 5.69 Å². The van der Waals surface area contributed by atoms with Gasteiger partial charge in [-0.15, -0.1) is 0 Å². The van der Waals surface area contributed by atoms with Gasteiger partial charge < -0.3 is 5.73 Å². The van der Waals surface area contributed by atoms with Gasteiger partial charge in [0.2, 0.25) is 0 Å². The van der Waals surface area contributed by atoms with Gasteiger partial charge in [-0.25, -0.2) is 4.68 Å². The molecule has 0 aliphatic carbocycles. The van der Waals surface area contributed by atoms with Gasteiger partial charge in [0.15, 0.2) is 0 Å². The minimum atomic E-state index is -0.476. The number of carbonyl (C=O) groups is 1. The number of nitrogens with two attached hydrogens (primary N) is 1. The van der Waals surface area contributed by atoms with Gasteiger partial charge in [-0.1, -0.05) is 26.0 Å². The van der Waals surface area contributed by atoms with E-state index < -0.39 is 5.91 Å². The second-order valence-corrected chi connectivity index (χ2v) is 4.24. The average molecular weight is 229 g/mol. The molecule has 0 bridgehead atoms. The lowest BCUT2D eigenvalue weighted by atomic mass is 10.0. The van der Waals surface area contributed by atoms with Crippen LogP contribution < -0.4 is 5.73 Å². The van der Waals surface area contributed by atoms with Crippen LogP contribution in [0, 0.1) is 0 Å². The van der Waals surface area contributed by atoms with Crippen LogP contribution in [-0.4, -0.2) is 15.7 Å². The van der Waals surface area contributed by atoms with Crippen LogP contribution in [0.15, 0.2) is 36.5 Å². The fraction of sp³-hybridized carbons (Fsp3) is 0.231. The van der Waals surface area contributed by atoms with E-state index in [1.165, 1.54) is 5.56 Å². The summed E-state index contributed by atoms with van der Waals surface area (Å²) in [6, 6.07) is 9.56. The van der Waals surface area contributed by atoms with Crippen molar-refractivity contribution in [2.24, 2.45) is 5.73 Å². The molecule has 2 N–H and O–H groups in total. The highest BCUT2D eigenvalue weighted by molar-refractivity contribution is 5.91. The molecule has 0 aliphatic heterocycles. The zero-order valence-corrected chi connectivity index (χ0v) is 9.92. The van der Waals surface area contributed by atoms with Crippen molar-refractivity contribution in [2.75, 3.05) is 0 Å². The largest absolute Gasteiger partial charge is 0.364 e. The maximum atomic E-state index is 11.2. The van der Waals surface area contributed by atoms with Gasteiger partial charge >= 0.3 is 0 Å². The van der Waals surface area contributed by atoms with Gasteiger partial charge in [0.25, 0.3) is 5.91 Å². The standard InChI is InChI=1S/C13H15N3O/c1-9(2)10-3-5-11(6-4-10)16-12(13(14)17)7-8-15-16/h3-9H,1-2H3,(H2,14,17). The van der Waals surface area contributed by atoms with Gasteiger partial charge in [-0.3, -0.25) is 4.79 Å². The van der Waals surface area contributed by atoms with Crippen molar-refractivity contribution in [3.05, 3.63) is 47.8 Å². The van der Waals surface area contributed by atoms with Crippen molar-refractivity contribution < 1.29 is 4.79 Å². The summed E-state index contributed by atoms with van der Waals surface area (Å²) in [6.07, 6.45) is 1.57. The zero-order chi connectivity index (χ0) is 12.4. The number of primary amides is 1. The monoisotopic (exact) mass is 229 g/mol. The van der Waals surface area contributed by atoms with E-state index in [4.69, 9.17) is 5.73 Å². The summed E-state index contributed by atoms with van der Waals surface area (Å²) in [5, 5.41) is 4.10. The molecule has 0 radical (unpaired) electrons. The molecule has 4 nitrogen and oxygen atoms in total. The second kappa shape index (κ2) is 4.41. The van der Waals surface area contributed by atoms with E-state index in [9.17, 15) is 4.79 Å². The number of aromatic nitrogens is 2. The van der Waals surface area contributed by atoms with Crippen molar-refractivity contribution in [1.82, 2.24) is 9.78 Å². The number of carbonyl (C=O) groups excluding carboxylic acids is 1. The first-order valence-corrected chi connectivity index (χ1v) is 5.53. The van der Waals surface area contributed by atoms with Crippen LogP contribution in [0.3, 0.4) is 0 Å². The first kappa shape index (κ1) is 11.4. The van der Waals surface area contributed by atoms with Crippen molar-refractivity contribution >= 4 is 5.91 Å². The number of hydrogen-bond donors (Lipinski definition) is 1. The molecule has 17 heavy (non-hydrogen) atoms. The predicted molar refractivity (Wildman–Crippen MR) is 66.2 cm³/mol. The normalized spacial score (nSPS) is 10.8. The Hall–Kier alpha value is -2.10. The van der Waals surface area contributed by atoms with E-state index in [2.05, 4.69) is 18.9 Å². The molecular weight excluding hydrogens is 214 g/mol. The molecular formula is C13H15N3O. The third-order valence-electron chi connectivity index (χ3n) is 2.70. The Bertz CT molecular complexity index is 526. The third kappa shape index (κ3) is 2.20. The fourth-order valence-electron chi connectivity index (χ4n) is 1.70. The molecule has 1 heterocycles. The Kier molecular flexibility index (Phi) is 2.95. The van der Waals surface area contributed by atoms with Crippen LogP contribution in [0.4, 0.5) is 0 Å². The molecule has 0 saturated heterocycles. The minimum Gasteiger partial charge on any atom is -0.364 e. The van der Waals surface area contributed by atoms with Gasteiger partial charge in [-0.2, -0.15) is 5.10 Å².